The number of nitrogens with one attached hydrogen (secondary N) is 1. The summed E-state index contributed by atoms with van der Waals surface area (Å²) in [6.07, 6.45) is 3.69. The number of nitrogens with two attached hydrogens (primary N) is 1. The van der Waals surface area contributed by atoms with Crippen LogP contribution in [0.3, 0.4) is 0 Å². The smallest absolute Gasteiger partial charge is 0.306 e. The number of hydrogen-bond acceptors (Lipinski definition) is 3. The van der Waals surface area contributed by atoms with Gasteiger partial charge in [0.25, 0.3) is 0 Å². The Labute approximate surface area is 78.5 Å². The van der Waals surface area contributed by atoms with E-state index >= 15 is 0 Å². The molecule has 0 aromatic rings. The fraction of sp³-hybridized carbons (Fsp3) is 0.889. The summed E-state index contributed by atoms with van der Waals surface area (Å²) in [5.41, 5.74) is 5.36. The summed E-state index contributed by atoms with van der Waals surface area (Å²) < 4.78 is 0. The van der Waals surface area contributed by atoms with Gasteiger partial charge < -0.3 is 16.2 Å². The molecule has 0 radical (unpaired) electrons. The summed E-state index contributed by atoms with van der Waals surface area (Å²) >= 11 is 0. The van der Waals surface area contributed by atoms with Gasteiger partial charge in [-0.05, 0) is 19.3 Å². The van der Waals surface area contributed by atoms with Crippen molar-refractivity contribution in [3.8, 4) is 0 Å². The van der Waals surface area contributed by atoms with E-state index in [1.54, 1.807) is 0 Å². The van der Waals surface area contributed by atoms with Gasteiger partial charge in [-0.25, -0.2) is 0 Å². The van der Waals surface area contributed by atoms with Gasteiger partial charge in [-0.3, -0.25) is 4.79 Å². The van der Waals surface area contributed by atoms with Crippen LogP contribution < -0.4 is 11.1 Å². The number of rotatable bonds is 4. The van der Waals surface area contributed by atoms with Crippen LogP contribution in [0, 0.1) is 5.92 Å². The van der Waals surface area contributed by atoms with Gasteiger partial charge in [0.1, 0.15) is 0 Å². The van der Waals surface area contributed by atoms with Crippen LogP contribution in [-0.2, 0) is 4.79 Å². The van der Waals surface area contributed by atoms with Crippen molar-refractivity contribution < 1.29 is 9.90 Å². The molecule has 4 N–H and O–H groups in total. The predicted octanol–water partition coefficient (Wildman–Crippen LogP) is 0.178. The summed E-state index contributed by atoms with van der Waals surface area (Å²) in [5, 5.41) is 12.1. The van der Waals surface area contributed by atoms with Crippen molar-refractivity contribution in [2.75, 3.05) is 13.1 Å². The molecule has 1 fully saturated rings. The fourth-order valence-electron chi connectivity index (χ4n) is 1.89. The number of carboxylic acid groups (broad SMARTS) is 1. The lowest BCUT2D eigenvalue weighted by Crippen LogP contribution is -2.38. The molecule has 4 heteroatoms. The number of carboxylic acids is 1. The summed E-state index contributed by atoms with van der Waals surface area (Å²) in [5.74, 6) is -0.803. The molecule has 0 aliphatic heterocycles. The Kier molecular flexibility index (Phi) is 4.18. The molecule has 1 rings (SSSR count). The van der Waals surface area contributed by atoms with Crippen molar-refractivity contribution in [2.45, 2.75) is 31.7 Å². The van der Waals surface area contributed by atoms with Crippen molar-refractivity contribution >= 4 is 5.97 Å². The van der Waals surface area contributed by atoms with E-state index in [1.807, 2.05) is 0 Å². The zero-order chi connectivity index (χ0) is 9.68. The molecule has 1 aliphatic carbocycles. The van der Waals surface area contributed by atoms with Crippen molar-refractivity contribution in [1.29, 1.82) is 0 Å². The summed E-state index contributed by atoms with van der Waals surface area (Å²) in [6, 6.07) is 0.360. The van der Waals surface area contributed by atoms with Crippen LogP contribution in [0.2, 0.25) is 0 Å². The Hall–Kier alpha value is -0.610. The number of aliphatic carboxylic acids is 1. The van der Waals surface area contributed by atoms with E-state index in [4.69, 9.17) is 10.8 Å². The van der Waals surface area contributed by atoms with Gasteiger partial charge in [0.2, 0.25) is 0 Å². The van der Waals surface area contributed by atoms with Crippen LogP contribution in [0.15, 0.2) is 0 Å². The van der Waals surface area contributed by atoms with Gasteiger partial charge >= 0.3 is 5.97 Å². The first-order valence-electron chi connectivity index (χ1n) is 4.90. The molecule has 2 atom stereocenters. The molecule has 4 nitrogen and oxygen atoms in total. The Bertz CT molecular complexity index is 173. The van der Waals surface area contributed by atoms with Crippen molar-refractivity contribution in [1.82, 2.24) is 5.32 Å². The van der Waals surface area contributed by atoms with Gasteiger partial charge in [0.05, 0.1) is 5.92 Å². The van der Waals surface area contributed by atoms with Crippen LogP contribution in [0.5, 0.6) is 0 Å². The first-order chi connectivity index (χ1) is 6.24. The first-order valence-corrected chi connectivity index (χ1v) is 4.90. The van der Waals surface area contributed by atoms with E-state index < -0.39 is 5.97 Å². The SMILES string of the molecule is NCCNC1CCCC(C(=O)O)C1. The third-order valence-corrected chi connectivity index (χ3v) is 2.60. The van der Waals surface area contributed by atoms with Gasteiger partial charge in [-0.15, -0.1) is 0 Å². The van der Waals surface area contributed by atoms with Crippen LogP contribution >= 0.6 is 0 Å². The molecule has 0 amide bonds. The lowest BCUT2D eigenvalue weighted by Gasteiger charge is -2.27. The Morgan fingerprint density at radius 2 is 2.31 bits per heavy atom. The zero-order valence-electron chi connectivity index (χ0n) is 7.83. The minimum atomic E-state index is -0.653. The molecule has 0 aromatic carbocycles. The lowest BCUT2D eigenvalue weighted by molar-refractivity contribution is -0.143. The normalized spacial score (nSPS) is 28.7. The standard InChI is InChI=1S/C9H18N2O2/c10-4-5-11-8-3-1-2-7(6-8)9(12)13/h7-8,11H,1-6,10H2,(H,12,13). The predicted molar refractivity (Wildman–Crippen MR) is 50.4 cm³/mol. The second-order valence-corrected chi connectivity index (χ2v) is 3.64. The maximum absolute atomic E-state index is 10.7. The third kappa shape index (κ3) is 3.32. The van der Waals surface area contributed by atoms with Crippen LogP contribution in [0.4, 0.5) is 0 Å². The Morgan fingerprint density at radius 3 is 2.92 bits per heavy atom. The van der Waals surface area contributed by atoms with Crippen LogP contribution in [-0.4, -0.2) is 30.2 Å². The Morgan fingerprint density at radius 1 is 1.54 bits per heavy atom. The summed E-state index contributed by atoms with van der Waals surface area (Å²) in [6.45, 7) is 1.41. The Balaban J connectivity index is 2.29. The average molecular weight is 186 g/mol. The van der Waals surface area contributed by atoms with Crippen molar-refractivity contribution in [3.63, 3.8) is 0 Å². The highest BCUT2D eigenvalue weighted by atomic mass is 16.4. The quantitative estimate of drug-likeness (QED) is 0.585. The molecule has 0 aromatic heterocycles. The van der Waals surface area contributed by atoms with Crippen LogP contribution in [0.25, 0.3) is 0 Å². The molecular weight excluding hydrogens is 168 g/mol. The van der Waals surface area contributed by atoms with Crippen LogP contribution in [0.1, 0.15) is 25.7 Å². The summed E-state index contributed by atoms with van der Waals surface area (Å²) in [4.78, 5) is 10.7. The lowest BCUT2D eigenvalue weighted by atomic mass is 9.86. The molecule has 13 heavy (non-hydrogen) atoms. The molecule has 2 unspecified atom stereocenters. The zero-order valence-corrected chi connectivity index (χ0v) is 7.83. The number of hydrogen-bond donors (Lipinski definition) is 3. The molecular formula is C9H18N2O2. The molecule has 0 spiro atoms. The second kappa shape index (κ2) is 5.19. The third-order valence-electron chi connectivity index (χ3n) is 2.60. The van der Waals surface area contributed by atoms with E-state index in [-0.39, 0.29) is 5.92 Å². The van der Waals surface area contributed by atoms with Gasteiger partial charge in [-0.1, -0.05) is 6.42 Å². The van der Waals surface area contributed by atoms with Crippen molar-refractivity contribution in [2.24, 2.45) is 11.7 Å². The van der Waals surface area contributed by atoms with E-state index in [1.165, 1.54) is 0 Å². The fourth-order valence-corrected chi connectivity index (χ4v) is 1.89. The topological polar surface area (TPSA) is 75.3 Å². The molecule has 0 heterocycles. The van der Waals surface area contributed by atoms with Gasteiger partial charge in [0.15, 0.2) is 0 Å². The van der Waals surface area contributed by atoms with E-state index in [0.29, 0.717) is 12.6 Å². The molecule has 76 valence electrons. The first kappa shape index (κ1) is 10.5. The molecule has 0 bridgehead atoms. The maximum Gasteiger partial charge on any atom is 0.306 e. The van der Waals surface area contributed by atoms with E-state index in [0.717, 1.165) is 32.2 Å². The van der Waals surface area contributed by atoms with Crippen molar-refractivity contribution in [3.05, 3.63) is 0 Å². The monoisotopic (exact) mass is 186 g/mol. The molecule has 0 saturated heterocycles. The van der Waals surface area contributed by atoms with Gasteiger partial charge in [0, 0.05) is 19.1 Å². The maximum atomic E-state index is 10.7. The largest absolute Gasteiger partial charge is 0.481 e. The highest BCUT2D eigenvalue weighted by Gasteiger charge is 2.26. The highest BCUT2D eigenvalue weighted by Crippen LogP contribution is 2.24. The van der Waals surface area contributed by atoms with E-state index in [9.17, 15) is 4.79 Å². The average Bonchev–Trinajstić information content (AvgIpc) is 2.15. The minimum Gasteiger partial charge on any atom is -0.481 e. The van der Waals surface area contributed by atoms with Gasteiger partial charge in [-0.2, -0.15) is 0 Å². The summed E-state index contributed by atoms with van der Waals surface area (Å²) in [7, 11) is 0. The number of carbonyl (C=O) groups is 1. The highest BCUT2D eigenvalue weighted by molar-refractivity contribution is 5.70. The molecule has 1 aliphatic rings. The second-order valence-electron chi connectivity index (χ2n) is 3.64. The van der Waals surface area contributed by atoms with E-state index in [2.05, 4.69) is 5.32 Å². The molecule has 1 saturated carbocycles. The minimum absolute atomic E-state index is 0.149.